The van der Waals surface area contributed by atoms with Crippen LogP contribution in [0.1, 0.15) is 42.4 Å². The number of carbonyl (C=O) groups excluding carboxylic acids is 1. The van der Waals surface area contributed by atoms with Gasteiger partial charge in [0.15, 0.2) is 11.6 Å². The van der Waals surface area contributed by atoms with Crippen LogP contribution in [0, 0.1) is 11.7 Å². The first-order chi connectivity index (χ1) is 14.9. The Hall–Kier alpha value is -3.18. The zero-order chi connectivity index (χ0) is 23.6. The molecule has 1 fully saturated rings. The fourth-order valence-electron chi connectivity index (χ4n) is 3.39. The van der Waals surface area contributed by atoms with Crippen LogP contribution in [0.5, 0.6) is 5.75 Å². The Morgan fingerprint density at radius 3 is 2.59 bits per heavy atom. The van der Waals surface area contributed by atoms with Crippen molar-refractivity contribution in [2.24, 2.45) is 5.92 Å². The minimum absolute atomic E-state index is 0.0360. The van der Waals surface area contributed by atoms with Crippen molar-refractivity contribution in [2.75, 3.05) is 18.0 Å². The Morgan fingerprint density at radius 2 is 2.03 bits per heavy atom. The van der Waals surface area contributed by atoms with Gasteiger partial charge in [-0.3, -0.25) is 14.6 Å². The molecule has 7 nitrogen and oxygen atoms in total. The van der Waals surface area contributed by atoms with Gasteiger partial charge >= 0.3 is 6.36 Å². The van der Waals surface area contributed by atoms with Gasteiger partial charge < -0.3 is 15.0 Å². The van der Waals surface area contributed by atoms with Gasteiger partial charge in [-0.1, -0.05) is 19.9 Å². The largest absolute Gasteiger partial charge is 0.573 e. The maximum absolute atomic E-state index is 14.1. The Kier molecular flexibility index (Phi) is 6.70. The normalized spacial score (nSPS) is 17.5. The lowest BCUT2D eigenvalue weighted by Gasteiger charge is -2.23. The van der Waals surface area contributed by atoms with E-state index in [4.69, 9.17) is 0 Å². The topological polar surface area (TPSA) is 87.3 Å². The Labute approximate surface area is 179 Å². The average molecular weight is 460 g/mol. The van der Waals surface area contributed by atoms with Gasteiger partial charge in [0, 0.05) is 12.6 Å². The van der Waals surface area contributed by atoms with Gasteiger partial charge in [-0.25, -0.2) is 13.8 Å². The summed E-state index contributed by atoms with van der Waals surface area (Å²) in [6.45, 7) is 3.79. The molecule has 0 unspecified atom stereocenters. The van der Waals surface area contributed by atoms with Crippen LogP contribution >= 0.6 is 0 Å². The van der Waals surface area contributed by atoms with Gasteiger partial charge in [-0.05, 0) is 30.0 Å². The van der Waals surface area contributed by atoms with E-state index < -0.39 is 41.6 Å². The minimum atomic E-state index is -5.05. The van der Waals surface area contributed by atoms with Crippen LogP contribution in [0.4, 0.5) is 27.9 Å². The number of ether oxygens (including phenoxy) is 1. The highest BCUT2D eigenvalue weighted by atomic mass is 19.4. The lowest BCUT2D eigenvalue weighted by Crippen LogP contribution is -2.34. The summed E-state index contributed by atoms with van der Waals surface area (Å²) >= 11 is 0. The molecule has 1 aliphatic rings. The molecule has 0 bridgehead atoms. The number of halogens is 5. The third kappa shape index (κ3) is 5.74. The van der Waals surface area contributed by atoms with Crippen LogP contribution in [0.25, 0.3) is 0 Å². The SMILES string of the molecule is CC(C)[C@@H](NC(=O)c1cc(=O)[nH]c(N2CC[C@H](F)C2)n1)c1ccc(OC(F)(F)F)c(F)c1. The summed E-state index contributed by atoms with van der Waals surface area (Å²) in [4.78, 5) is 32.8. The predicted octanol–water partition coefficient (Wildman–Crippen LogP) is 3.48. The lowest BCUT2D eigenvalue weighted by atomic mass is 9.95. The molecule has 0 spiro atoms. The number of hydrogen-bond donors (Lipinski definition) is 2. The summed E-state index contributed by atoms with van der Waals surface area (Å²) in [6.07, 6.45) is -5.84. The molecule has 0 saturated carbocycles. The van der Waals surface area contributed by atoms with Gasteiger partial charge in [-0.15, -0.1) is 13.2 Å². The zero-order valence-corrected chi connectivity index (χ0v) is 17.2. The van der Waals surface area contributed by atoms with Crippen LogP contribution < -0.4 is 20.5 Å². The first-order valence-corrected chi connectivity index (χ1v) is 9.79. The molecular formula is C20H21F5N4O3. The van der Waals surface area contributed by atoms with E-state index >= 15 is 0 Å². The number of rotatable bonds is 6. The minimum Gasteiger partial charge on any atom is -0.403 e. The maximum atomic E-state index is 14.1. The Morgan fingerprint density at radius 1 is 1.31 bits per heavy atom. The quantitative estimate of drug-likeness (QED) is 0.645. The summed E-state index contributed by atoms with van der Waals surface area (Å²) in [6, 6.07) is 3.04. The third-order valence-corrected chi connectivity index (χ3v) is 4.89. The number of nitrogens with zero attached hydrogens (tertiary/aromatic N) is 2. The van der Waals surface area contributed by atoms with Crippen LogP contribution in [-0.2, 0) is 0 Å². The van der Waals surface area contributed by atoms with E-state index in [0.717, 1.165) is 18.2 Å². The van der Waals surface area contributed by atoms with E-state index in [2.05, 4.69) is 20.0 Å². The second kappa shape index (κ2) is 9.13. The van der Waals surface area contributed by atoms with Crippen molar-refractivity contribution >= 4 is 11.9 Å². The van der Waals surface area contributed by atoms with E-state index in [0.29, 0.717) is 6.54 Å². The first-order valence-electron chi connectivity index (χ1n) is 9.79. The molecule has 1 aliphatic heterocycles. The van der Waals surface area contributed by atoms with E-state index in [9.17, 15) is 31.5 Å². The van der Waals surface area contributed by atoms with Crippen molar-refractivity contribution in [3.8, 4) is 5.75 Å². The number of nitrogens with one attached hydrogen (secondary N) is 2. The fraction of sp³-hybridized carbons (Fsp3) is 0.450. The van der Waals surface area contributed by atoms with E-state index in [-0.39, 0.29) is 36.1 Å². The molecule has 3 rings (SSSR count). The zero-order valence-electron chi connectivity index (χ0n) is 17.2. The number of aromatic nitrogens is 2. The predicted molar refractivity (Wildman–Crippen MR) is 105 cm³/mol. The fourth-order valence-corrected chi connectivity index (χ4v) is 3.39. The first kappa shape index (κ1) is 23.5. The van der Waals surface area contributed by atoms with Crippen molar-refractivity contribution < 1.29 is 31.5 Å². The van der Waals surface area contributed by atoms with Crippen LogP contribution in [0.3, 0.4) is 0 Å². The highest BCUT2D eigenvalue weighted by Crippen LogP contribution is 2.30. The van der Waals surface area contributed by atoms with Crippen molar-refractivity contribution in [1.29, 1.82) is 0 Å². The second-order valence-electron chi connectivity index (χ2n) is 7.72. The molecule has 2 atom stereocenters. The summed E-state index contributed by atoms with van der Waals surface area (Å²) in [7, 11) is 0. The van der Waals surface area contributed by atoms with Crippen molar-refractivity contribution in [2.45, 2.75) is 38.8 Å². The molecule has 1 aromatic carbocycles. The summed E-state index contributed by atoms with van der Waals surface area (Å²) in [5.41, 5.74) is -0.636. The average Bonchev–Trinajstić information content (AvgIpc) is 3.12. The van der Waals surface area contributed by atoms with Crippen LogP contribution in [0.2, 0.25) is 0 Å². The number of amides is 1. The van der Waals surface area contributed by atoms with Crippen molar-refractivity contribution in [1.82, 2.24) is 15.3 Å². The molecule has 1 saturated heterocycles. The molecule has 0 aliphatic carbocycles. The maximum Gasteiger partial charge on any atom is 0.573 e. The smallest absolute Gasteiger partial charge is 0.403 e. The molecule has 32 heavy (non-hydrogen) atoms. The van der Waals surface area contributed by atoms with Crippen LogP contribution in [-0.4, -0.2) is 41.5 Å². The lowest BCUT2D eigenvalue weighted by molar-refractivity contribution is -0.275. The van der Waals surface area contributed by atoms with Gasteiger partial charge in [-0.2, -0.15) is 0 Å². The van der Waals surface area contributed by atoms with Gasteiger partial charge in [0.2, 0.25) is 5.95 Å². The number of anilines is 1. The Bertz CT molecular complexity index is 1040. The summed E-state index contributed by atoms with van der Waals surface area (Å²) < 4.78 is 68.3. The van der Waals surface area contributed by atoms with E-state index in [1.165, 1.54) is 11.0 Å². The number of alkyl halides is 4. The molecule has 2 N–H and O–H groups in total. The highest BCUT2D eigenvalue weighted by molar-refractivity contribution is 5.92. The molecular weight excluding hydrogens is 439 g/mol. The van der Waals surface area contributed by atoms with Crippen molar-refractivity contribution in [3.63, 3.8) is 0 Å². The molecule has 2 heterocycles. The number of aromatic amines is 1. The molecule has 12 heteroatoms. The number of H-pyrrole nitrogens is 1. The third-order valence-electron chi connectivity index (χ3n) is 4.89. The van der Waals surface area contributed by atoms with E-state index in [1.54, 1.807) is 13.8 Å². The number of carbonyl (C=O) groups is 1. The summed E-state index contributed by atoms with van der Waals surface area (Å²) in [5, 5.41) is 2.62. The monoisotopic (exact) mass is 460 g/mol. The summed E-state index contributed by atoms with van der Waals surface area (Å²) in [5.74, 6) is -3.22. The van der Waals surface area contributed by atoms with Gasteiger partial charge in [0.1, 0.15) is 11.9 Å². The molecule has 174 valence electrons. The second-order valence-corrected chi connectivity index (χ2v) is 7.72. The van der Waals surface area contributed by atoms with E-state index in [1.807, 2.05) is 0 Å². The van der Waals surface area contributed by atoms with Gasteiger partial charge in [0.05, 0.1) is 12.6 Å². The van der Waals surface area contributed by atoms with Crippen LogP contribution in [0.15, 0.2) is 29.1 Å². The molecule has 1 amide bonds. The Balaban J connectivity index is 1.82. The number of hydrogen-bond acceptors (Lipinski definition) is 5. The van der Waals surface area contributed by atoms with Crippen molar-refractivity contribution in [3.05, 3.63) is 51.7 Å². The number of benzene rings is 1. The van der Waals surface area contributed by atoms with Gasteiger partial charge in [0.25, 0.3) is 11.5 Å². The molecule has 0 radical (unpaired) electrons. The standard InChI is InChI=1S/C20H21F5N4O3/c1-10(2)17(11-3-4-15(13(22)7-11)32-20(23,24)25)28-18(31)14-8-16(30)27-19(26-14)29-6-5-12(21)9-29/h3-4,7-8,10,12,17H,5-6,9H2,1-2H3,(H,28,31)(H,26,27,30)/t12-,17+/m0/s1. The molecule has 1 aromatic heterocycles. The molecule has 2 aromatic rings. The highest BCUT2D eigenvalue weighted by Gasteiger charge is 2.33.